The number of amides is 1. The van der Waals surface area contributed by atoms with Crippen LogP contribution >= 0.6 is 0 Å². The number of carbonyl (C=O) groups is 1. The maximum atomic E-state index is 12.0. The van der Waals surface area contributed by atoms with Crippen molar-refractivity contribution in [2.75, 3.05) is 29.9 Å². The van der Waals surface area contributed by atoms with Gasteiger partial charge in [0, 0.05) is 18.7 Å². The first-order valence-corrected chi connectivity index (χ1v) is 10.1. The quantitative estimate of drug-likeness (QED) is 0.894. The Morgan fingerprint density at radius 1 is 1.17 bits per heavy atom. The molecule has 0 aliphatic carbocycles. The number of carbonyl (C=O) groups excluding carboxylic acids is 1. The van der Waals surface area contributed by atoms with Crippen LogP contribution in [-0.2, 0) is 21.2 Å². The summed E-state index contributed by atoms with van der Waals surface area (Å²) in [6.45, 7) is 3.31. The second-order valence-corrected chi connectivity index (χ2v) is 8.93. The summed E-state index contributed by atoms with van der Waals surface area (Å²) in [7, 11) is -2.92. The molecule has 23 heavy (non-hydrogen) atoms. The van der Waals surface area contributed by atoms with Gasteiger partial charge in [0.25, 0.3) is 0 Å². The van der Waals surface area contributed by atoms with Crippen molar-refractivity contribution in [1.82, 2.24) is 4.90 Å². The Morgan fingerprint density at radius 3 is 2.48 bits per heavy atom. The lowest BCUT2D eigenvalue weighted by Gasteiger charge is -2.15. The molecule has 1 aromatic carbocycles. The zero-order valence-corrected chi connectivity index (χ0v) is 14.1. The van der Waals surface area contributed by atoms with Gasteiger partial charge in [-0.25, -0.2) is 8.42 Å². The Kier molecular flexibility index (Phi) is 5.02. The molecule has 0 radical (unpaired) electrons. The minimum absolute atomic E-state index is 0.0329. The standard InChI is InChI=1S/C17H24N2O3S/c20-17(11-15-7-10-23(21,22)13-15)18-16-5-3-14(4-6-16)12-19-8-1-2-9-19/h3-6,15H,1-2,7-13H2,(H,18,20)/t15-/m0/s1. The van der Waals surface area contributed by atoms with Gasteiger partial charge in [-0.1, -0.05) is 12.1 Å². The number of sulfone groups is 1. The van der Waals surface area contributed by atoms with Crippen molar-refractivity contribution in [2.45, 2.75) is 32.2 Å². The topological polar surface area (TPSA) is 66.5 Å². The summed E-state index contributed by atoms with van der Waals surface area (Å²) in [5, 5.41) is 2.87. The van der Waals surface area contributed by atoms with Crippen LogP contribution in [0.5, 0.6) is 0 Å². The van der Waals surface area contributed by atoms with Crippen molar-refractivity contribution in [2.24, 2.45) is 5.92 Å². The maximum Gasteiger partial charge on any atom is 0.224 e. The van der Waals surface area contributed by atoms with Gasteiger partial charge in [0.05, 0.1) is 11.5 Å². The largest absolute Gasteiger partial charge is 0.326 e. The highest BCUT2D eigenvalue weighted by Gasteiger charge is 2.29. The van der Waals surface area contributed by atoms with E-state index in [1.807, 2.05) is 24.3 Å². The van der Waals surface area contributed by atoms with E-state index in [1.54, 1.807) is 0 Å². The predicted molar refractivity (Wildman–Crippen MR) is 91.0 cm³/mol. The monoisotopic (exact) mass is 336 g/mol. The lowest BCUT2D eigenvalue weighted by atomic mass is 10.0. The van der Waals surface area contributed by atoms with Gasteiger partial charge < -0.3 is 5.32 Å². The number of nitrogens with zero attached hydrogens (tertiary/aromatic N) is 1. The molecule has 2 aliphatic rings. The molecule has 2 saturated heterocycles. The minimum Gasteiger partial charge on any atom is -0.326 e. The van der Waals surface area contributed by atoms with E-state index >= 15 is 0 Å². The molecule has 126 valence electrons. The summed E-state index contributed by atoms with van der Waals surface area (Å²) in [6.07, 6.45) is 3.45. The summed E-state index contributed by atoms with van der Waals surface area (Å²) >= 11 is 0. The Balaban J connectivity index is 1.48. The van der Waals surface area contributed by atoms with Crippen molar-refractivity contribution in [3.8, 4) is 0 Å². The van der Waals surface area contributed by atoms with E-state index in [4.69, 9.17) is 0 Å². The molecule has 2 heterocycles. The zero-order valence-electron chi connectivity index (χ0n) is 13.3. The molecule has 1 atom stereocenters. The number of nitrogens with one attached hydrogen (secondary N) is 1. The molecule has 3 rings (SSSR count). The van der Waals surface area contributed by atoms with E-state index in [9.17, 15) is 13.2 Å². The first kappa shape index (κ1) is 16.5. The lowest BCUT2D eigenvalue weighted by Crippen LogP contribution is -2.19. The van der Waals surface area contributed by atoms with Gasteiger partial charge >= 0.3 is 0 Å². The lowest BCUT2D eigenvalue weighted by molar-refractivity contribution is -0.116. The van der Waals surface area contributed by atoms with E-state index in [0.717, 1.165) is 12.2 Å². The summed E-state index contributed by atoms with van der Waals surface area (Å²) in [5.74, 6) is 0.236. The molecule has 0 unspecified atom stereocenters. The fourth-order valence-electron chi connectivity index (χ4n) is 3.40. The normalized spacial score (nSPS) is 23.9. The molecule has 0 bridgehead atoms. The zero-order chi connectivity index (χ0) is 16.3. The van der Waals surface area contributed by atoms with Gasteiger partial charge in [-0.2, -0.15) is 0 Å². The Morgan fingerprint density at radius 2 is 1.87 bits per heavy atom. The highest BCUT2D eigenvalue weighted by molar-refractivity contribution is 7.91. The number of hydrogen-bond donors (Lipinski definition) is 1. The third kappa shape index (κ3) is 4.78. The maximum absolute atomic E-state index is 12.0. The number of rotatable bonds is 5. The second-order valence-electron chi connectivity index (χ2n) is 6.70. The van der Waals surface area contributed by atoms with Gasteiger partial charge in [-0.3, -0.25) is 9.69 Å². The molecule has 0 aromatic heterocycles. The summed E-state index contributed by atoms with van der Waals surface area (Å²) < 4.78 is 22.8. The van der Waals surface area contributed by atoms with Crippen molar-refractivity contribution >= 4 is 21.4 Å². The van der Waals surface area contributed by atoms with Gasteiger partial charge in [-0.15, -0.1) is 0 Å². The molecule has 0 saturated carbocycles. The van der Waals surface area contributed by atoms with Crippen molar-refractivity contribution in [1.29, 1.82) is 0 Å². The average molecular weight is 336 g/mol. The van der Waals surface area contributed by atoms with E-state index in [0.29, 0.717) is 6.42 Å². The number of anilines is 1. The molecule has 1 N–H and O–H groups in total. The fraction of sp³-hybridized carbons (Fsp3) is 0.588. The molecule has 0 spiro atoms. The fourth-order valence-corrected chi connectivity index (χ4v) is 5.26. The third-order valence-corrected chi connectivity index (χ3v) is 6.48. The van der Waals surface area contributed by atoms with E-state index < -0.39 is 9.84 Å². The van der Waals surface area contributed by atoms with Crippen LogP contribution in [0.3, 0.4) is 0 Å². The SMILES string of the molecule is O=C(C[C@@H]1CCS(=O)(=O)C1)Nc1ccc(CN2CCCC2)cc1. The van der Waals surface area contributed by atoms with Crippen LogP contribution in [0, 0.1) is 5.92 Å². The van der Waals surface area contributed by atoms with E-state index in [1.165, 1.54) is 31.5 Å². The first-order valence-electron chi connectivity index (χ1n) is 8.32. The molecular weight excluding hydrogens is 312 g/mol. The summed E-state index contributed by atoms with van der Waals surface area (Å²) in [5.41, 5.74) is 2.04. The smallest absolute Gasteiger partial charge is 0.224 e. The predicted octanol–water partition coefficient (Wildman–Crippen LogP) is 2.05. The number of hydrogen-bond acceptors (Lipinski definition) is 4. The Hall–Kier alpha value is -1.40. The summed E-state index contributed by atoms with van der Waals surface area (Å²) in [4.78, 5) is 14.5. The first-order chi connectivity index (χ1) is 11.0. The Bertz CT molecular complexity index is 649. The van der Waals surface area contributed by atoms with Gasteiger partial charge in [0.2, 0.25) is 5.91 Å². The van der Waals surface area contributed by atoms with Gasteiger partial charge in [0.15, 0.2) is 9.84 Å². The van der Waals surface area contributed by atoms with Crippen LogP contribution < -0.4 is 5.32 Å². The van der Waals surface area contributed by atoms with Crippen LogP contribution in [0.25, 0.3) is 0 Å². The van der Waals surface area contributed by atoms with E-state index in [2.05, 4.69) is 10.2 Å². The Labute approximate surface area is 138 Å². The number of benzene rings is 1. The van der Waals surface area contributed by atoms with Crippen LogP contribution in [-0.4, -0.2) is 43.8 Å². The second kappa shape index (κ2) is 7.01. The van der Waals surface area contributed by atoms with Gasteiger partial charge in [-0.05, 0) is 56.0 Å². The highest BCUT2D eigenvalue weighted by Crippen LogP contribution is 2.22. The minimum atomic E-state index is -2.92. The average Bonchev–Trinajstić information content (AvgIpc) is 3.11. The molecule has 1 amide bonds. The molecule has 2 aliphatic heterocycles. The molecular formula is C17H24N2O3S. The molecule has 5 nitrogen and oxygen atoms in total. The number of likely N-dealkylation sites (tertiary alicyclic amines) is 1. The van der Waals surface area contributed by atoms with E-state index in [-0.39, 0.29) is 29.8 Å². The van der Waals surface area contributed by atoms with Crippen LogP contribution in [0.2, 0.25) is 0 Å². The van der Waals surface area contributed by atoms with Crippen LogP contribution in [0.15, 0.2) is 24.3 Å². The molecule has 1 aromatic rings. The third-order valence-electron chi connectivity index (χ3n) is 4.64. The summed E-state index contributed by atoms with van der Waals surface area (Å²) in [6, 6.07) is 7.95. The molecule has 2 fully saturated rings. The highest BCUT2D eigenvalue weighted by atomic mass is 32.2. The van der Waals surface area contributed by atoms with Crippen molar-refractivity contribution in [3.63, 3.8) is 0 Å². The van der Waals surface area contributed by atoms with Crippen molar-refractivity contribution in [3.05, 3.63) is 29.8 Å². The van der Waals surface area contributed by atoms with Gasteiger partial charge in [0.1, 0.15) is 0 Å². The molecule has 6 heteroatoms. The van der Waals surface area contributed by atoms with Crippen LogP contribution in [0.4, 0.5) is 5.69 Å². The van der Waals surface area contributed by atoms with Crippen molar-refractivity contribution < 1.29 is 13.2 Å². The van der Waals surface area contributed by atoms with Crippen LogP contribution in [0.1, 0.15) is 31.2 Å².